The van der Waals surface area contributed by atoms with E-state index in [1.54, 1.807) is 0 Å². The lowest BCUT2D eigenvalue weighted by Gasteiger charge is -2.23. The number of nitrogens with zero attached hydrogens (tertiary/aromatic N) is 3. The van der Waals surface area contributed by atoms with E-state index < -0.39 is 0 Å². The summed E-state index contributed by atoms with van der Waals surface area (Å²) in [5.74, 6) is 2.43. The van der Waals surface area contributed by atoms with Gasteiger partial charge in [-0.15, -0.1) is 22.6 Å². The predicted octanol–water partition coefficient (Wildman–Crippen LogP) is 5.61. The third-order valence-corrected chi connectivity index (χ3v) is 6.14. The summed E-state index contributed by atoms with van der Waals surface area (Å²) < 4.78 is 2.25. The number of halogens is 2. The quantitative estimate of drug-likeness (QED) is 0.579. The van der Waals surface area contributed by atoms with Crippen molar-refractivity contribution in [1.29, 1.82) is 0 Å². The Morgan fingerprint density at radius 3 is 2.76 bits per heavy atom. The van der Waals surface area contributed by atoms with Gasteiger partial charge in [0.15, 0.2) is 5.82 Å². The Morgan fingerprint density at radius 1 is 1.10 bits per heavy atom. The minimum atomic E-state index is 0. The van der Waals surface area contributed by atoms with Gasteiger partial charge in [0.2, 0.25) is 0 Å². The molecule has 0 saturated heterocycles. The fourth-order valence-electron chi connectivity index (χ4n) is 4.44. The third kappa shape index (κ3) is 3.73. The first-order valence-electron chi connectivity index (χ1n) is 9.89. The summed E-state index contributed by atoms with van der Waals surface area (Å²) in [7, 11) is 0. The van der Waals surface area contributed by atoms with Gasteiger partial charge in [-0.05, 0) is 66.6 Å². The van der Waals surface area contributed by atoms with Crippen LogP contribution in [0, 0.1) is 6.92 Å². The van der Waals surface area contributed by atoms with Crippen molar-refractivity contribution in [3.63, 3.8) is 0 Å². The van der Waals surface area contributed by atoms with Crippen molar-refractivity contribution in [2.24, 2.45) is 0 Å². The van der Waals surface area contributed by atoms with E-state index in [9.17, 15) is 0 Å². The van der Waals surface area contributed by atoms with Gasteiger partial charge in [-0.25, -0.2) is 0 Å². The number of aryl methyl sites for hydroxylation is 1. The van der Waals surface area contributed by atoms with Crippen LogP contribution in [0.3, 0.4) is 0 Å². The van der Waals surface area contributed by atoms with Crippen LogP contribution in [-0.2, 0) is 13.1 Å². The fraction of sp³-hybridized carbons (Fsp3) is 0.304. The van der Waals surface area contributed by atoms with Crippen LogP contribution in [0.1, 0.15) is 53.5 Å². The van der Waals surface area contributed by atoms with Crippen molar-refractivity contribution in [2.75, 3.05) is 0 Å². The molecule has 1 aromatic heterocycles. The summed E-state index contributed by atoms with van der Waals surface area (Å²) in [5.41, 5.74) is 6.53. The van der Waals surface area contributed by atoms with Gasteiger partial charge in [-0.2, -0.15) is 0 Å². The third-order valence-electron chi connectivity index (χ3n) is 5.90. The SMILES string of the molecule is Cc1ccccc1C1=CCC(c2nnc3n2-c2ccc(Cl)cc2CNC3)CC1.Cl. The molecule has 2 aliphatic rings. The molecule has 0 bridgehead atoms. The maximum absolute atomic E-state index is 6.23. The second-order valence-electron chi connectivity index (χ2n) is 7.70. The predicted molar refractivity (Wildman–Crippen MR) is 120 cm³/mol. The van der Waals surface area contributed by atoms with Gasteiger partial charge in [0.25, 0.3) is 0 Å². The van der Waals surface area contributed by atoms with E-state index in [4.69, 9.17) is 11.6 Å². The highest BCUT2D eigenvalue weighted by molar-refractivity contribution is 6.30. The van der Waals surface area contributed by atoms with E-state index in [0.29, 0.717) is 5.92 Å². The molecule has 1 atom stereocenters. The molecule has 1 N–H and O–H groups in total. The maximum Gasteiger partial charge on any atom is 0.151 e. The molecule has 0 saturated carbocycles. The Morgan fingerprint density at radius 2 is 1.97 bits per heavy atom. The zero-order valence-electron chi connectivity index (χ0n) is 16.4. The molecule has 1 unspecified atom stereocenters. The lowest BCUT2D eigenvalue weighted by Crippen LogP contribution is -2.13. The Balaban J connectivity index is 0.00000205. The fourth-order valence-corrected chi connectivity index (χ4v) is 4.64. The van der Waals surface area contributed by atoms with Gasteiger partial charge in [0, 0.05) is 17.5 Å². The van der Waals surface area contributed by atoms with Crippen LogP contribution < -0.4 is 5.32 Å². The summed E-state index contributed by atoms with van der Waals surface area (Å²) in [5, 5.41) is 13.3. The van der Waals surface area contributed by atoms with Crippen molar-refractivity contribution in [2.45, 2.75) is 45.2 Å². The van der Waals surface area contributed by atoms with Crippen LogP contribution >= 0.6 is 24.0 Å². The molecule has 4 nitrogen and oxygen atoms in total. The van der Waals surface area contributed by atoms with Crippen molar-refractivity contribution >= 4 is 29.6 Å². The van der Waals surface area contributed by atoms with Gasteiger partial charge in [0.1, 0.15) is 5.82 Å². The zero-order chi connectivity index (χ0) is 19.1. The smallest absolute Gasteiger partial charge is 0.151 e. The highest BCUT2D eigenvalue weighted by Crippen LogP contribution is 2.38. The molecule has 0 spiro atoms. The minimum Gasteiger partial charge on any atom is -0.306 e. The standard InChI is InChI=1S/C23H23ClN4.ClH/c1-15-4-2-3-5-20(15)16-6-8-17(9-7-16)23-27-26-22-14-25-13-18-12-19(24)10-11-21(18)28(22)23;/h2-6,10-12,17,25H,7-9,13-14H2,1H3;1H. The van der Waals surface area contributed by atoms with Crippen molar-refractivity contribution in [1.82, 2.24) is 20.1 Å². The molecule has 150 valence electrons. The van der Waals surface area contributed by atoms with Crippen LogP contribution in [0.25, 0.3) is 11.3 Å². The number of hydrogen-bond donors (Lipinski definition) is 1. The van der Waals surface area contributed by atoms with Gasteiger partial charge in [-0.1, -0.05) is 41.9 Å². The Hall–Kier alpha value is -2.14. The van der Waals surface area contributed by atoms with Gasteiger partial charge in [-0.3, -0.25) is 4.57 Å². The molecule has 1 aliphatic heterocycles. The summed E-state index contributed by atoms with van der Waals surface area (Å²) in [6, 6.07) is 14.7. The first kappa shape index (κ1) is 20.1. The summed E-state index contributed by atoms with van der Waals surface area (Å²) in [6.45, 7) is 3.70. The van der Waals surface area contributed by atoms with Crippen LogP contribution in [-0.4, -0.2) is 14.8 Å². The number of rotatable bonds is 2. The van der Waals surface area contributed by atoms with Crippen molar-refractivity contribution < 1.29 is 0 Å². The molecule has 5 rings (SSSR count). The number of allylic oxidation sites excluding steroid dienone is 2. The lowest BCUT2D eigenvalue weighted by molar-refractivity contribution is 0.576. The monoisotopic (exact) mass is 426 g/mol. The number of hydrogen-bond acceptors (Lipinski definition) is 3. The highest BCUT2D eigenvalue weighted by atomic mass is 35.5. The number of fused-ring (bicyclic) bond motifs is 3. The first-order chi connectivity index (χ1) is 13.7. The van der Waals surface area contributed by atoms with Crippen LogP contribution in [0.15, 0.2) is 48.5 Å². The number of aromatic nitrogens is 3. The Labute approximate surface area is 182 Å². The second kappa shape index (κ2) is 8.31. The number of nitrogens with one attached hydrogen (secondary N) is 1. The van der Waals surface area contributed by atoms with E-state index in [2.05, 4.69) is 63.4 Å². The van der Waals surface area contributed by atoms with Gasteiger partial charge < -0.3 is 5.32 Å². The average Bonchev–Trinajstić information content (AvgIpc) is 3.04. The van der Waals surface area contributed by atoms with E-state index in [1.807, 2.05) is 12.1 Å². The molecule has 2 aromatic carbocycles. The first-order valence-corrected chi connectivity index (χ1v) is 10.3. The van der Waals surface area contributed by atoms with Crippen LogP contribution in [0.5, 0.6) is 0 Å². The van der Waals surface area contributed by atoms with Gasteiger partial charge >= 0.3 is 0 Å². The molecule has 29 heavy (non-hydrogen) atoms. The normalized spacial score (nSPS) is 18.1. The van der Waals surface area contributed by atoms with Crippen molar-refractivity contribution in [3.05, 3.63) is 81.9 Å². The topological polar surface area (TPSA) is 42.7 Å². The molecule has 3 aromatic rings. The maximum atomic E-state index is 6.23. The summed E-state index contributed by atoms with van der Waals surface area (Å²) in [4.78, 5) is 0. The van der Waals surface area contributed by atoms with E-state index >= 15 is 0 Å². The highest BCUT2D eigenvalue weighted by Gasteiger charge is 2.27. The molecule has 2 heterocycles. The Bertz CT molecular complexity index is 1070. The number of benzene rings is 2. The molecular formula is C23H24Cl2N4. The average molecular weight is 427 g/mol. The zero-order valence-corrected chi connectivity index (χ0v) is 17.9. The largest absolute Gasteiger partial charge is 0.306 e. The van der Waals surface area contributed by atoms with E-state index in [-0.39, 0.29) is 12.4 Å². The van der Waals surface area contributed by atoms with E-state index in [1.165, 1.54) is 22.3 Å². The molecule has 0 amide bonds. The van der Waals surface area contributed by atoms with Crippen molar-refractivity contribution in [3.8, 4) is 5.69 Å². The second-order valence-corrected chi connectivity index (χ2v) is 8.14. The summed E-state index contributed by atoms with van der Waals surface area (Å²) in [6.07, 6.45) is 5.56. The van der Waals surface area contributed by atoms with Crippen LogP contribution in [0.4, 0.5) is 0 Å². The molecule has 0 fully saturated rings. The molecule has 6 heteroatoms. The molecule has 1 aliphatic carbocycles. The van der Waals surface area contributed by atoms with E-state index in [0.717, 1.165) is 54.7 Å². The Kier molecular flexibility index (Phi) is 5.77. The van der Waals surface area contributed by atoms with Crippen LogP contribution in [0.2, 0.25) is 5.02 Å². The lowest BCUT2D eigenvalue weighted by atomic mass is 9.85. The molecule has 0 radical (unpaired) electrons. The van der Waals surface area contributed by atoms with Gasteiger partial charge in [0.05, 0.1) is 12.2 Å². The summed E-state index contributed by atoms with van der Waals surface area (Å²) >= 11 is 6.23. The molecular weight excluding hydrogens is 403 g/mol. The minimum absolute atomic E-state index is 0.